The van der Waals surface area contributed by atoms with Crippen LogP contribution in [0, 0.1) is 17.3 Å². The second-order valence-corrected chi connectivity index (χ2v) is 12.7. The van der Waals surface area contributed by atoms with Gasteiger partial charge in [0.05, 0.1) is 29.9 Å². The quantitative estimate of drug-likeness (QED) is 0.432. The summed E-state index contributed by atoms with van der Waals surface area (Å²) in [5.74, 6) is 0.356. The lowest BCUT2D eigenvalue weighted by molar-refractivity contribution is -0.237. The van der Waals surface area contributed by atoms with E-state index in [0.29, 0.717) is 17.9 Å². The monoisotopic (exact) mass is 460 g/mol. The predicted octanol–water partition coefficient (Wildman–Crippen LogP) is 4.34. The minimum Gasteiger partial charge on any atom is -0.387 e. The van der Waals surface area contributed by atoms with Crippen molar-refractivity contribution < 1.29 is 31.3 Å². The molecule has 4 rings (SSSR count). The van der Waals surface area contributed by atoms with Crippen LogP contribution < -0.4 is 0 Å². The lowest BCUT2D eigenvalue weighted by atomic mass is 9.43. The van der Waals surface area contributed by atoms with E-state index in [9.17, 15) is 18.1 Å². The normalized spacial score (nSPS) is 30.7. The highest BCUT2D eigenvalue weighted by Gasteiger charge is 2.64. The Bertz CT molecular complexity index is 898. The molecule has 3 fully saturated rings. The van der Waals surface area contributed by atoms with Gasteiger partial charge in [-0.1, -0.05) is 26.0 Å². The summed E-state index contributed by atoms with van der Waals surface area (Å²) in [7, 11) is -7.31. The summed E-state index contributed by atoms with van der Waals surface area (Å²) in [6.45, 7) is 9.92. The number of hydrogen-bond donors (Lipinski definition) is 1. The van der Waals surface area contributed by atoms with Crippen LogP contribution in [0.5, 0.6) is 0 Å². The Hall–Kier alpha value is -0.760. The zero-order valence-corrected chi connectivity index (χ0v) is 20.0. The van der Waals surface area contributed by atoms with Gasteiger partial charge in [0.2, 0.25) is 0 Å². The van der Waals surface area contributed by atoms with Crippen LogP contribution in [0.1, 0.15) is 53.0 Å². The van der Waals surface area contributed by atoms with Crippen LogP contribution >= 0.6 is 7.60 Å². The van der Waals surface area contributed by atoms with Gasteiger partial charge in [-0.05, 0) is 68.6 Å². The van der Waals surface area contributed by atoms with Gasteiger partial charge in [0.1, 0.15) is 6.10 Å². The summed E-state index contributed by atoms with van der Waals surface area (Å²) in [5.41, 5.74) is -0.566. The molecule has 0 heterocycles. The summed E-state index contributed by atoms with van der Waals surface area (Å²) in [4.78, 5) is 0.00297. The first-order valence-corrected chi connectivity index (χ1v) is 13.6. The van der Waals surface area contributed by atoms with Crippen molar-refractivity contribution in [2.45, 2.75) is 70.2 Å². The number of aliphatic hydroxyl groups is 1. The predicted molar refractivity (Wildman–Crippen MR) is 114 cm³/mol. The Morgan fingerprint density at radius 3 is 2.10 bits per heavy atom. The SMILES string of the molecule is CCOP(=O)(Cc1ccc(S(=O)(=O)OC2CC3CC(C3(C)C)C2(C)O)cc1)OCC. The summed E-state index contributed by atoms with van der Waals surface area (Å²) >= 11 is 0. The van der Waals surface area contributed by atoms with E-state index in [2.05, 4.69) is 13.8 Å². The molecular weight excluding hydrogens is 427 g/mol. The summed E-state index contributed by atoms with van der Waals surface area (Å²) in [6, 6.07) is 6.02. The first-order valence-electron chi connectivity index (χ1n) is 10.5. The maximum absolute atomic E-state index is 12.8. The zero-order chi connectivity index (χ0) is 22.4. The average Bonchev–Trinajstić information content (AvgIpc) is 2.63. The minimum absolute atomic E-state index is 0.00297. The molecule has 1 N–H and O–H groups in total. The fraction of sp³-hybridized carbons (Fsp3) is 0.714. The Morgan fingerprint density at radius 2 is 1.63 bits per heavy atom. The third-order valence-electron chi connectivity index (χ3n) is 6.81. The van der Waals surface area contributed by atoms with Crippen LogP contribution in [-0.2, 0) is 34.1 Å². The molecular formula is C21H33O7PS. The van der Waals surface area contributed by atoms with E-state index in [1.54, 1.807) is 32.9 Å². The van der Waals surface area contributed by atoms with Gasteiger partial charge in [0.25, 0.3) is 10.1 Å². The minimum atomic E-state index is -4.04. The van der Waals surface area contributed by atoms with Crippen molar-refractivity contribution in [2.75, 3.05) is 13.2 Å². The van der Waals surface area contributed by atoms with Gasteiger partial charge in [-0.3, -0.25) is 8.75 Å². The van der Waals surface area contributed by atoms with E-state index in [4.69, 9.17) is 13.2 Å². The molecule has 0 spiro atoms. The van der Waals surface area contributed by atoms with Crippen LogP contribution in [-0.4, -0.2) is 38.4 Å². The van der Waals surface area contributed by atoms with Gasteiger partial charge in [0, 0.05) is 0 Å². The lowest BCUT2D eigenvalue weighted by Crippen LogP contribution is -2.67. The van der Waals surface area contributed by atoms with Crippen molar-refractivity contribution in [1.82, 2.24) is 0 Å². The van der Waals surface area contributed by atoms with Gasteiger partial charge in [0.15, 0.2) is 0 Å². The smallest absolute Gasteiger partial charge is 0.335 e. The molecule has 9 heteroatoms. The summed E-state index contributed by atoms with van der Waals surface area (Å²) < 4.78 is 54.4. The van der Waals surface area contributed by atoms with Gasteiger partial charge in [-0.25, -0.2) is 0 Å². The fourth-order valence-corrected chi connectivity index (χ4v) is 7.84. The Labute approximate surface area is 179 Å². The van der Waals surface area contributed by atoms with Crippen molar-refractivity contribution in [3.63, 3.8) is 0 Å². The van der Waals surface area contributed by atoms with Gasteiger partial charge < -0.3 is 14.2 Å². The van der Waals surface area contributed by atoms with Crippen molar-refractivity contribution in [2.24, 2.45) is 17.3 Å². The third-order valence-corrected chi connectivity index (χ3v) is 10.2. The number of benzene rings is 1. The maximum Gasteiger partial charge on any atom is 0.335 e. The molecule has 30 heavy (non-hydrogen) atoms. The molecule has 1 aromatic carbocycles. The second-order valence-electron chi connectivity index (χ2n) is 9.06. The second kappa shape index (κ2) is 8.30. The molecule has 3 saturated carbocycles. The van der Waals surface area contributed by atoms with Crippen LogP contribution in [0.25, 0.3) is 0 Å². The van der Waals surface area contributed by atoms with Crippen molar-refractivity contribution >= 4 is 17.7 Å². The number of rotatable bonds is 9. The Balaban J connectivity index is 1.72. The molecule has 0 saturated heterocycles. The maximum atomic E-state index is 12.8. The van der Waals surface area contributed by atoms with Gasteiger partial charge in [-0.15, -0.1) is 0 Å². The van der Waals surface area contributed by atoms with Crippen LogP contribution in [0.4, 0.5) is 0 Å². The molecule has 0 aliphatic heterocycles. The van der Waals surface area contributed by atoms with E-state index in [0.717, 1.165) is 6.42 Å². The number of fused-ring (bicyclic) bond motifs is 2. The van der Waals surface area contributed by atoms with Crippen LogP contribution in [0.3, 0.4) is 0 Å². The van der Waals surface area contributed by atoms with Crippen molar-refractivity contribution in [3.05, 3.63) is 29.8 Å². The van der Waals surface area contributed by atoms with E-state index in [-0.39, 0.29) is 35.6 Å². The highest BCUT2D eigenvalue weighted by atomic mass is 32.2. The van der Waals surface area contributed by atoms with Crippen LogP contribution in [0.15, 0.2) is 29.2 Å². The molecule has 4 atom stereocenters. The van der Waals surface area contributed by atoms with Crippen molar-refractivity contribution in [1.29, 1.82) is 0 Å². The first kappa shape index (κ1) is 23.9. The molecule has 0 radical (unpaired) electrons. The van der Waals surface area contributed by atoms with E-state index in [1.807, 2.05) is 0 Å². The fourth-order valence-electron chi connectivity index (χ4n) is 4.98. The van der Waals surface area contributed by atoms with Gasteiger partial charge in [-0.2, -0.15) is 8.42 Å². The summed E-state index contributed by atoms with van der Waals surface area (Å²) in [5, 5.41) is 11.0. The molecule has 3 aliphatic carbocycles. The summed E-state index contributed by atoms with van der Waals surface area (Å²) in [6.07, 6.45) is 0.703. The molecule has 1 aromatic rings. The number of hydrogen-bond acceptors (Lipinski definition) is 7. The molecule has 7 nitrogen and oxygen atoms in total. The zero-order valence-electron chi connectivity index (χ0n) is 18.3. The lowest BCUT2D eigenvalue weighted by Gasteiger charge is -2.64. The Morgan fingerprint density at radius 1 is 1.07 bits per heavy atom. The molecule has 2 bridgehead atoms. The molecule has 3 aliphatic rings. The molecule has 0 amide bonds. The van der Waals surface area contributed by atoms with E-state index >= 15 is 0 Å². The average molecular weight is 461 g/mol. The first-order chi connectivity index (χ1) is 13.9. The van der Waals surface area contributed by atoms with E-state index in [1.165, 1.54) is 12.1 Å². The molecule has 170 valence electrons. The molecule has 4 unspecified atom stereocenters. The highest BCUT2D eigenvalue weighted by molar-refractivity contribution is 7.86. The van der Waals surface area contributed by atoms with E-state index < -0.39 is 29.4 Å². The molecule has 0 aromatic heterocycles. The Kier molecular flexibility index (Phi) is 6.61. The van der Waals surface area contributed by atoms with Crippen LogP contribution in [0.2, 0.25) is 0 Å². The third kappa shape index (κ3) is 4.41. The van der Waals surface area contributed by atoms with Gasteiger partial charge >= 0.3 is 7.60 Å². The largest absolute Gasteiger partial charge is 0.387 e. The topological polar surface area (TPSA) is 99.1 Å². The van der Waals surface area contributed by atoms with Crippen molar-refractivity contribution in [3.8, 4) is 0 Å². The standard InChI is InChI=1S/C21H33O7PS/c1-6-26-29(23,27-7-2)14-15-8-10-17(11-9-15)30(24,25)28-19-13-16-12-18(20(16,3)4)21(19,5)22/h8-11,16,18-19,22H,6-7,12-14H2,1-5H3. The highest BCUT2D eigenvalue weighted by Crippen LogP contribution is 2.63.